The predicted octanol–water partition coefficient (Wildman–Crippen LogP) is 3.03. The van der Waals surface area contributed by atoms with E-state index in [0.717, 1.165) is 30.6 Å². The minimum Gasteiger partial charge on any atom is -0.303 e. The number of hydrogen-bond acceptors (Lipinski definition) is 1. The summed E-state index contributed by atoms with van der Waals surface area (Å²) in [5.41, 5.74) is 2.73. The predicted molar refractivity (Wildman–Crippen MR) is 57.6 cm³/mol. The molecule has 0 amide bonds. The number of hydrogen-bond donors (Lipinski definition) is 0. The van der Waals surface area contributed by atoms with Gasteiger partial charge in [0.1, 0.15) is 6.29 Å². The maximum atomic E-state index is 10.4. The first-order valence-corrected chi connectivity index (χ1v) is 5.38. The van der Waals surface area contributed by atoms with Crippen LogP contribution in [0, 0.1) is 5.92 Å². The summed E-state index contributed by atoms with van der Waals surface area (Å²) < 4.78 is 0. The van der Waals surface area contributed by atoms with Crippen LogP contribution >= 0.6 is 11.6 Å². The van der Waals surface area contributed by atoms with Crippen molar-refractivity contribution in [3.63, 3.8) is 0 Å². The van der Waals surface area contributed by atoms with Gasteiger partial charge in [0.05, 0.1) is 0 Å². The zero-order valence-corrected chi connectivity index (χ0v) is 8.76. The van der Waals surface area contributed by atoms with Crippen LogP contribution in [-0.2, 0) is 17.6 Å². The van der Waals surface area contributed by atoms with Gasteiger partial charge in [-0.05, 0) is 48.4 Å². The van der Waals surface area contributed by atoms with Crippen LogP contribution in [0.2, 0.25) is 5.02 Å². The van der Waals surface area contributed by atoms with Crippen LogP contribution in [-0.4, -0.2) is 6.29 Å². The van der Waals surface area contributed by atoms with Crippen LogP contribution in [0.5, 0.6) is 0 Å². The van der Waals surface area contributed by atoms with E-state index in [1.165, 1.54) is 11.1 Å². The zero-order chi connectivity index (χ0) is 9.97. The molecule has 14 heavy (non-hydrogen) atoms. The molecule has 0 spiro atoms. The van der Waals surface area contributed by atoms with E-state index in [0.29, 0.717) is 12.3 Å². The molecule has 0 saturated carbocycles. The molecular formula is C12H13ClO. The van der Waals surface area contributed by atoms with Gasteiger partial charge in [0, 0.05) is 11.4 Å². The highest BCUT2D eigenvalue weighted by molar-refractivity contribution is 6.30. The van der Waals surface area contributed by atoms with Crippen molar-refractivity contribution in [3.8, 4) is 0 Å². The maximum absolute atomic E-state index is 10.4. The van der Waals surface area contributed by atoms with Crippen LogP contribution in [0.4, 0.5) is 0 Å². The Morgan fingerprint density at radius 3 is 3.07 bits per heavy atom. The Hall–Kier alpha value is -0.820. The summed E-state index contributed by atoms with van der Waals surface area (Å²) in [6, 6.07) is 6.08. The summed E-state index contributed by atoms with van der Waals surface area (Å²) in [5, 5.41) is 0.817. The van der Waals surface area contributed by atoms with E-state index in [1.54, 1.807) is 0 Å². The summed E-state index contributed by atoms with van der Waals surface area (Å²) in [4.78, 5) is 10.4. The van der Waals surface area contributed by atoms with E-state index >= 15 is 0 Å². The lowest BCUT2D eigenvalue weighted by Gasteiger charge is -2.23. The van der Waals surface area contributed by atoms with Gasteiger partial charge in [-0.15, -0.1) is 0 Å². The molecule has 0 aliphatic heterocycles. The summed E-state index contributed by atoms with van der Waals surface area (Å²) in [6.45, 7) is 0. The molecule has 74 valence electrons. The average Bonchev–Trinajstić information content (AvgIpc) is 2.19. The number of carbonyl (C=O) groups excluding carboxylic acids is 1. The highest BCUT2D eigenvalue weighted by atomic mass is 35.5. The number of fused-ring (bicyclic) bond motifs is 1. The average molecular weight is 209 g/mol. The molecule has 0 radical (unpaired) electrons. The van der Waals surface area contributed by atoms with Crippen LogP contribution in [0.15, 0.2) is 18.2 Å². The van der Waals surface area contributed by atoms with Crippen LogP contribution in [0.3, 0.4) is 0 Å². The SMILES string of the molecule is O=CCC1CCc2cc(Cl)ccc2C1. The first-order chi connectivity index (χ1) is 6.79. The largest absolute Gasteiger partial charge is 0.303 e. The molecule has 1 nitrogen and oxygen atoms in total. The molecule has 1 aliphatic carbocycles. The Balaban J connectivity index is 2.18. The van der Waals surface area contributed by atoms with Gasteiger partial charge in [-0.3, -0.25) is 0 Å². The van der Waals surface area contributed by atoms with Gasteiger partial charge in [0.2, 0.25) is 0 Å². The molecule has 0 aromatic heterocycles. The zero-order valence-electron chi connectivity index (χ0n) is 8.00. The number of halogens is 1. The molecule has 0 heterocycles. The lowest BCUT2D eigenvalue weighted by Crippen LogP contribution is -2.14. The third-order valence-electron chi connectivity index (χ3n) is 2.93. The molecule has 0 saturated heterocycles. The lowest BCUT2D eigenvalue weighted by molar-refractivity contribution is -0.108. The van der Waals surface area contributed by atoms with Crippen LogP contribution < -0.4 is 0 Å². The molecule has 1 aliphatic rings. The number of aryl methyl sites for hydroxylation is 1. The van der Waals surface area contributed by atoms with E-state index < -0.39 is 0 Å². The fraction of sp³-hybridized carbons (Fsp3) is 0.417. The normalized spacial score (nSPS) is 20.2. The van der Waals surface area contributed by atoms with Crippen molar-refractivity contribution in [1.82, 2.24) is 0 Å². The summed E-state index contributed by atoms with van der Waals surface area (Å²) in [6.07, 6.45) is 4.94. The minimum atomic E-state index is 0.543. The molecule has 1 unspecified atom stereocenters. The molecule has 0 N–H and O–H groups in total. The Morgan fingerprint density at radius 1 is 1.43 bits per heavy atom. The van der Waals surface area contributed by atoms with Gasteiger partial charge in [-0.2, -0.15) is 0 Å². The summed E-state index contributed by atoms with van der Waals surface area (Å²) in [7, 11) is 0. The molecule has 0 fully saturated rings. The van der Waals surface area contributed by atoms with Crippen molar-refractivity contribution < 1.29 is 4.79 Å². The monoisotopic (exact) mass is 208 g/mol. The quantitative estimate of drug-likeness (QED) is 0.683. The Bertz CT molecular complexity index is 346. The fourth-order valence-corrected chi connectivity index (χ4v) is 2.33. The number of aldehydes is 1. The van der Waals surface area contributed by atoms with Crippen molar-refractivity contribution in [3.05, 3.63) is 34.3 Å². The van der Waals surface area contributed by atoms with E-state index in [-0.39, 0.29) is 0 Å². The first kappa shape index (κ1) is 9.72. The second-order valence-electron chi connectivity index (χ2n) is 3.92. The topological polar surface area (TPSA) is 17.1 Å². The van der Waals surface area contributed by atoms with Gasteiger partial charge in [-0.25, -0.2) is 0 Å². The van der Waals surface area contributed by atoms with Crippen molar-refractivity contribution in [2.24, 2.45) is 5.92 Å². The third-order valence-corrected chi connectivity index (χ3v) is 3.16. The van der Waals surface area contributed by atoms with Gasteiger partial charge in [0.25, 0.3) is 0 Å². The molecule has 0 bridgehead atoms. The summed E-state index contributed by atoms with van der Waals surface area (Å²) in [5.74, 6) is 0.543. The van der Waals surface area contributed by atoms with E-state index in [9.17, 15) is 4.79 Å². The van der Waals surface area contributed by atoms with Crippen molar-refractivity contribution in [1.29, 1.82) is 0 Å². The lowest BCUT2D eigenvalue weighted by atomic mass is 9.82. The van der Waals surface area contributed by atoms with Gasteiger partial charge in [-0.1, -0.05) is 17.7 Å². The maximum Gasteiger partial charge on any atom is 0.120 e. The highest BCUT2D eigenvalue weighted by Crippen LogP contribution is 2.28. The highest BCUT2D eigenvalue weighted by Gasteiger charge is 2.17. The van der Waals surface area contributed by atoms with E-state index in [2.05, 4.69) is 6.07 Å². The fourth-order valence-electron chi connectivity index (χ4n) is 2.14. The molecule has 1 atom stereocenters. The van der Waals surface area contributed by atoms with Crippen LogP contribution in [0.25, 0.3) is 0 Å². The van der Waals surface area contributed by atoms with Crippen LogP contribution in [0.1, 0.15) is 24.0 Å². The minimum absolute atomic E-state index is 0.543. The number of benzene rings is 1. The molecule has 2 rings (SSSR count). The van der Waals surface area contributed by atoms with Crippen molar-refractivity contribution in [2.75, 3.05) is 0 Å². The smallest absolute Gasteiger partial charge is 0.120 e. The second-order valence-corrected chi connectivity index (χ2v) is 4.36. The standard InChI is InChI=1S/C12H13ClO/c13-12-4-3-10-7-9(5-6-14)1-2-11(10)8-12/h3-4,6,8-9H,1-2,5,7H2. The van der Waals surface area contributed by atoms with Crippen molar-refractivity contribution in [2.45, 2.75) is 25.7 Å². The van der Waals surface area contributed by atoms with E-state index in [1.807, 2.05) is 12.1 Å². The molecule has 1 aromatic rings. The first-order valence-electron chi connectivity index (χ1n) is 5.00. The number of rotatable bonds is 2. The Morgan fingerprint density at radius 2 is 2.29 bits per heavy atom. The van der Waals surface area contributed by atoms with Gasteiger partial charge in [0.15, 0.2) is 0 Å². The van der Waals surface area contributed by atoms with Gasteiger partial charge >= 0.3 is 0 Å². The Kier molecular flexibility index (Phi) is 2.87. The van der Waals surface area contributed by atoms with Gasteiger partial charge < -0.3 is 4.79 Å². The third kappa shape index (κ3) is 1.98. The summed E-state index contributed by atoms with van der Waals surface area (Å²) >= 11 is 5.92. The van der Waals surface area contributed by atoms with Crippen molar-refractivity contribution >= 4 is 17.9 Å². The number of carbonyl (C=O) groups is 1. The molecular weight excluding hydrogens is 196 g/mol. The molecule has 1 aromatic carbocycles. The second kappa shape index (κ2) is 4.14. The molecule has 2 heteroatoms. The Labute approximate surface area is 89.1 Å². The van der Waals surface area contributed by atoms with E-state index in [4.69, 9.17) is 11.6 Å².